The molecule has 0 aromatic heterocycles. The summed E-state index contributed by atoms with van der Waals surface area (Å²) in [4.78, 5) is 0. The van der Waals surface area contributed by atoms with Crippen LogP contribution < -0.4 is 10.6 Å². The van der Waals surface area contributed by atoms with Crippen molar-refractivity contribution in [3.05, 3.63) is 0 Å². The lowest BCUT2D eigenvalue weighted by Gasteiger charge is -2.32. The van der Waals surface area contributed by atoms with E-state index in [0.29, 0.717) is 0 Å². The number of ether oxygens (including phenoxy) is 1. The second-order valence-electron chi connectivity index (χ2n) is 5.94. The minimum atomic E-state index is -0.104. The summed E-state index contributed by atoms with van der Waals surface area (Å²) >= 11 is 0. The van der Waals surface area contributed by atoms with Gasteiger partial charge in [-0.25, -0.2) is 0 Å². The van der Waals surface area contributed by atoms with Gasteiger partial charge in [0.1, 0.15) is 5.72 Å². The van der Waals surface area contributed by atoms with Crippen LogP contribution in [0.1, 0.15) is 40.0 Å². The van der Waals surface area contributed by atoms with E-state index in [1.165, 1.54) is 19.4 Å². The van der Waals surface area contributed by atoms with Crippen LogP contribution in [0, 0.1) is 5.92 Å². The first-order chi connectivity index (χ1) is 6.99. The van der Waals surface area contributed by atoms with Crippen molar-refractivity contribution in [3.63, 3.8) is 0 Å². The number of piperidine rings is 1. The molecule has 2 N–H and O–H groups in total. The highest BCUT2D eigenvalue weighted by Gasteiger charge is 2.41. The third kappa shape index (κ3) is 2.92. The molecule has 2 saturated heterocycles. The molecule has 2 aliphatic heterocycles. The van der Waals surface area contributed by atoms with E-state index >= 15 is 0 Å². The molecule has 3 heteroatoms. The lowest BCUT2D eigenvalue weighted by Crippen LogP contribution is -2.48. The molecule has 2 heterocycles. The van der Waals surface area contributed by atoms with Crippen LogP contribution >= 0.6 is 0 Å². The Labute approximate surface area is 93.0 Å². The molecule has 0 spiro atoms. The molecule has 0 aliphatic carbocycles. The largest absolute Gasteiger partial charge is 0.359 e. The second-order valence-corrected chi connectivity index (χ2v) is 5.94. The number of hydrogen-bond acceptors (Lipinski definition) is 3. The Bertz CT molecular complexity index is 224. The van der Waals surface area contributed by atoms with E-state index in [2.05, 4.69) is 31.4 Å². The van der Waals surface area contributed by atoms with Crippen LogP contribution in [-0.2, 0) is 4.74 Å². The first-order valence-corrected chi connectivity index (χ1v) is 6.13. The fourth-order valence-electron chi connectivity index (χ4n) is 2.89. The van der Waals surface area contributed by atoms with Gasteiger partial charge in [0.2, 0.25) is 0 Å². The van der Waals surface area contributed by atoms with Gasteiger partial charge in [-0.3, -0.25) is 5.32 Å². The summed E-state index contributed by atoms with van der Waals surface area (Å²) in [5, 5.41) is 7.07. The minimum Gasteiger partial charge on any atom is -0.359 e. The lowest BCUT2D eigenvalue weighted by molar-refractivity contribution is -0.0159. The van der Waals surface area contributed by atoms with Gasteiger partial charge in [-0.05, 0) is 59.0 Å². The van der Waals surface area contributed by atoms with E-state index in [-0.39, 0.29) is 11.3 Å². The van der Waals surface area contributed by atoms with Crippen LogP contribution in [0.5, 0.6) is 0 Å². The van der Waals surface area contributed by atoms with E-state index in [1.807, 2.05) is 0 Å². The topological polar surface area (TPSA) is 33.3 Å². The van der Waals surface area contributed by atoms with Crippen molar-refractivity contribution in [1.82, 2.24) is 10.6 Å². The molecule has 0 aromatic carbocycles. The summed E-state index contributed by atoms with van der Waals surface area (Å²) in [6.45, 7) is 9.77. The van der Waals surface area contributed by atoms with Crippen LogP contribution in [0.3, 0.4) is 0 Å². The monoisotopic (exact) mass is 212 g/mol. The third-order valence-electron chi connectivity index (χ3n) is 3.43. The van der Waals surface area contributed by atoms with Gasteiger partial charge < -0.3 is 10.1 Å². The predicted octanol–water partition coefficient (Wildman–Crippen LogP) is 1.49. The van der Waals surface area contributed by atoms with Gasteiger partial charge in [-0.1, -0.05) is 0 Å². The van der Waals surface area contributed by atoms with E-state index in [9.17, 15) is 0 Å². The fraction of sp³-hybridized carbons (Fsp3) is 1.00. The summed E-state index contributed by atoms with van der Waals surface area (Å²) in [6, 6.07) is 0. The van der Waals surface area contributed by atoms with Gasteiger partial charge >= 0.3 is 0 Å². The molecular formula is C12H24N2O. The van der Waals surface area contributed by atoms with Crippen LogP contribution in [0.2, 0.25) is 0 Å². The van der Waals surface area contributed by atoms with Gasteiger partial charge in [-0.2, -0.15) is 0 Å². The molecule has 0 saturated carbocycles. The Hall–Kier alpha value is -0.120. The first-order valence-electron chi connectivity index (χ1n) is 6.13. The Morgan fingerprint density at radius 3 is 2.67 bits per heavy atom. The first kappa shape index (κ1) is 11.4. The summed E-state index contributed by atoms with van der Waals surface area (Å²) in [5.41, 5.74) is 0.0318. The standard InChI is InChI=1S/C12H24N2O/c1-11(2)9-15-12(3,14-11)7-10-5-4-6-13-8-10/h10,13-14H,4-9H2,1-3H3. The number of hydrogen-bond donors (Lipinski definition) is 2. The molecule has 2 fully saturated rings. The molecule has 3 nitrogen and oxygen atoms in total. The molecule has 0 aromatic rings. The molecule has 0 radical (unpaired) electrons. The Balaban J connectivity index is 1.88. The molecule has 2 unspecified atom stereocenters. The molecule has 0 amide bonds. The van der Waals surface area contributed by atoms with Crippen molar-refractivity contribution in [3.8, 4) is 0 Å². The second kappa shape index (κ2) is 4.04. The van der Waals surface area contributed by atoms with Crippen molar-refractivity contribution in [2.24, 2.45) is 5.92 Å². The van der Waals surface area contributed by atoms with Crippen molar-refractivity contribution >= 4 is 0 Å². The molecule has 15 heavy (non-hydrogen) atoms. The molecular weight excluding hydrogens is 188 g/mol. The maximum atomic E-state index is 5.92. The fourth-order valence-corrected chi connectivity index (χ4v) is 2.89. The van der Waals surface area contributed by atoms with Crippen LogP contribution in [0.4, 0.5) is 0 Å². The lowest BCUT2D eigenvalue weighted by atomic mass is 9.91. The van der Waals surface area contributed by atoms with Gasteiger partial charge in [0.15, 0.2) is 0 Å². The van der Waals surface area contributed by atoms with Gasteiger partial charge in [0.25, 0.3) is 0 Å². The highest BCUT2D eigenvalue weighted by atomic mass is 16.5. The van der Waals surface area contributed by atoms with E-state index in [1.54, 1.807) is 0 Å². The molecule has 2 atom stereocenters. The van der Waals surface area contributed by atoms with Crippen molar-refractivity contribution in [2.45, 2.75) is 51.3 Å². The summed E-state index contributed by atoms with van der Waals surface area (Å²) in [5.74, 6) is 0.769. The van der Waals surface area contributed by atoms with Gasteiger partial charge in [-0.15, -0.1) is 0 Å². The Morgan fingerprint density at radius 1 is 1.33 bits per heavy atom. The molecule has 0 bridgehead atoms. The summed E-state index contributed by atoms with van der Waals surface area (Å²) in [6.07, 6.45) is 3.78. The van der Waals surface area contributed by atoms with Crippen molar-refractivity contribution in [2.75, 3.05) is 19.7 Å². The maximum Gasteiger partial charge on any atom is 0.117 e. The highest BCUT2D eigenvalue weighted by Crippen LogP contribution is 2.30. The van der Waals surface area contributed by atoms with Gasteiger partial charge in [0, 0.05) is 5.54 Å². The minimum absolute atomic E-state index is 0.104. The van der Waals surface area contributed by atoms with E-state index in [0.717, 1.165) is 25.5 Å². The van der Waals surface area contributed by atoms with Crippen LogP contribution in [0.15, 0.2) is 0 Å². The average Bonchev–Trinajstić information content (AvgIpc) is 2.42. The third-order valence-corrected chi connectivity index (χ3v) is 3.43. The Kier molecular flexibility index (Phi) is 3.06. The van der Waals surface area contributed by atoms with Crippen molar-refractivity contribution < 1.29 is 4.74 Å². The van der Waals surface area contributed by atoms with Crippen LogP contribution in [0.25, 0.3) is 0 Å². The quantitative estimate of drug-likeness (QED) is 0.727. The zero-order chi connectivity index (χ0) is 10.9. The van der Waals surface area contributed by atoms with Crippen molar-refractivity contribution in [1.29, 1.82) is 0 Å². The zero-order valence-corrected chi connectivity index (χ0v) is 10.2. The molecule has 2 aliphatic rings. The smallest absolute Gasteiger partial charge is 0.117 e. The van der Waals surface area contributed by atoms with Gasteiger partial charge in [0.05, 0.1) is 6.61 Å². The SMILES string of the molecule is CC1(C)COC(C)(CC2CCCNC2)N1. The maximum absolute atomic E-state index is 5.92. The predicted molar refractivity (Wildman–Crippen MR) is 61.8 cm³/mol. The number of nitrogens with one attached hydrogen (secondary N) is 2. The normalized spacial score (nSPS) is 40.6. The van der Waals surface area contributed by atoms with E-state index in [4.69, 9.17) is 4.74 Å². The average molecular weight is 212 g/mol. The molecule has 88 valence electrons. The summed E-state index contributed by atoms with van der Waals surface area (Å²) in [7, 11) is 0. The number of rotatable bonds is 2. The van der Waals surface area contributed by atoms with Crippen LogP contribution in [-0.4, -0.2) is 31.0 Å². The zero-order valence-electron chi connectivity index (χ0n) is 10.2. The highest BCUT2D eigenvalue weighted by molar-refractivity contribution is 4.93. The molecule has 2 rings (SSSR count). The summed E-state index contributed by atoms with van der Waals surface area (Å²) < 4.78 is 5.92. The Morgan fingerprint density at radius 2 is 2.13 bits per heavy atom. The van der Waals surface area contributed by atoms with E-state index < -0.39 is 0 Å².